The fourth-order valence-corrected chi connectivity index (χ4v) is 2.79. The van der Waals surface area contributed by atoms with Gasteiger partial charge in [-0.1, -0.05) is 60.2 Å². The minimum absolute atomic E-state index is 0.818. The molecular formula is C14H19Br. The Morgan fingerprint density at radius 3 is 1.93 bits per heavy atom. The van der Waals surface area contributed by atoms with Crippen molar-refractivity contribution in [3.63, 3.8) is 0 Å². The summed E-state index contributed by atoms with van der Waals surface area (Å²) >= 11 is 3.50. The van der Waals surface area contributed by atoms with Gasteiger partial charge < -0.3 is 0 Å². The van der Waals surface area contributed by atoms with Gasteiger partial charge in [-0.2, -0.15) is 0 Å². The van der Waals surface area contributed by atoms with E-state index >= 15 is 0 Å². The second kappa shape index (κ2) is 5.69. The molecule has 0 nitrogen and oxygen atoms in total. The van der Waals surface area contributed by atoms with Crippen molar-refractivity contribution in [1.82, 2.24) is 0 Å². The van der Waals surface area contributed by atoms with E-state index in [9.17, 15) is 0 Å². The largest absolute Gasteiger partial charge is 0.0576 e. The molecule has 15 heavy (non-hydrogen) atoms. The molecule has 0 spiro atoms. The highest BCUT2D eigenvalue weighted by molar-refractivity contribution is 9.10. The molecule has 1 aromatic rings. The summed E-state index contributed by atoms with van der Waals surface area (Å²) in [6.45, 7) is 0. The average molecular weight is 267 g/mol. The maximum atomic E-state index is 3.50. The van der Waals surface area contributed by atoms with Crippen molar-refractivity contribution in [3.8, 4) is 0 Å². The van der Waals surface area contributed by atoms with E-state index in [0.717, 1.165) is 5.92 Å². The molecule has 1 aliphatic carbocycles. The van der Waals surface area contributed by atoms with Crippen LogP contribution in [0.5, 0.6) is 0 Å². The van der Waals surface area contributed by atoms with Gasteiger partial charge in [0.1, 0.15) is 0 Å². The smallest absolute Gasteiger partial charge is 0.0175 e. The summed E-state index contributed by atoms with van der Waals surface area (Å²) in [5, 5.41) is 0. The lowest BCUT2D eigenvalue weighted by Gasteiger charge is -2.20. The summed E-state index contributed by atoms with van der Waals surface area (Å²) in [5.41, 5.74) is 1.54. The van der Waals surface area contributed by atoms with Gasteiger partial charge >= 0.3 is 0 Å². The standard InChI is InChI=1S/C14H19Br/c15-14-10-8-13(9-11-14)12-6-4-2-1-3-5-7-12/h8-12H,1-7H2. The topological polar surface area (TPSA) is 0 Å². The van der Waals surface area contributed by atoms with E-state index in [1.807, 2.05) is 0 Å². The molecule has 0 aromatic heterocycles. The lowest BCUT2D eigenvalue weighted by Crippen LogP contribution is -2.01. The van der Waals surface area contributed by atoms with Crippen molar-refractivity contribution in [2.24, 2.45) is 0 Å². The normalized spacial score (nSPS) is 19.5. The Bertz CT molecular complexity index is 281. The molecule has 1 aromatic carbocycles. The summed E-state index contributed by atoms with van der Waals surface area (Å²) in [6.07, 6.45) is 9.94. The van der Waals surface area contributed by atoms with Gasteiger partial charge in [0.2, 0.25) is 0 Å². The minimum Gasteiger partial charge on any atom is -0.0576 e. The SMILES string of the molecule is Brc1ccc(C2CCCCCCC2)cc1. The van der Waals surface area contributed by atoms with Crippen LogP contribution in [-0.2, 0) is 0 Å². The van der Waals surface area contributed by atoms with Crippen molar-refractivity contribution >= 4 is 15.9 Å². The molecule has 0 saturated heterocycles. The van der Waals surface area contributed by atoms with E-state index in [1.54, 1.807) is 5.56 Å². The quantitative estimate of drug-likeness (QED) is 0.649. The van der Waals surface area contributed by atoms with Crippen LogP contribution in [0.15, 0.2) is 28.7 Å². The molecule has 0 heterocycles. The van der Waals surface area contributed by atoms with Crippen LogP contribution in [0.1, 0.15) is 56.4 Å². The number of halogens is 1. The number of hydrogen-bond donors (Lipinski definition) is 0. The third kappa shape index (κ3) is 3.34. The summed E-state index contributed by atoms with van der Waals surface area (Å²) in [5.74, 6) is 0.818. The van der Waals surface area contributed by atoms with Crippen molar-refractivity contribution < 1.29 is 0 Å². The van der Waals surface area contributed by atoms with Gasteiger partial charge in [0.25, 0.3) is 0 Å². The van der Waals surface area contributed by atoms with Crippen molar-refractivity contribution in [1.29, 1.82) is 0 Å². The van der Waals surface area contributed by atoms with Crippen molar-refractivity contribution in [2.45, 2.75) is 50.9 Å². The van der Waals surface area contributed by atoms with Crippen LogP contribution in [0.2, 0.25) is 0 Å². The minimum atomic E-state index is 0.818. The second-order valence-electron chi connectivity index (χ2n) is 4.59. The lowest BCUT2D eigenvalue weighted by atomic mass is 9.86. The van der Waals surface area contributed by atoms with E-state index in [1.165, 1.54) is 49.4 Å². The third-order valence-electron chi connectivity index (χ3n) is 3.45. The maximum Gasteiger partial charge on any atom is 0.0175 e. The highest BCUT2D eigenvalue weighted by atomic mass is 79.9. The highest BCUT2D eigenvalue weighted by Crippen LogP contribution is 2.31. The molecule has 0 unspecified atom stereocenters. The predicted octanol–water partition coefficient (Wildman–Crippen LogP) is 5.28. The maximum absolute atomic E-state index is 3.50. The Hall–Kier alpha value is -0.300. The molecule has 1 aliphatic rings. The first-order chi connectivity index (χ1) is 7.36. The van der Waals surface area contributed by atoms with E-state index in [0.29, 0.717) is 0 Å². The molecule has 1 heteroatoms. The molecule has 2 rings (SSSR count). The van der Waals surface area contributed by atoms with Crippen LogP contribution in [0.4, 0.5) is 0 Å². The predicted molar refractivity (Wildman–Crippen MR) is 69.2 cm³/mol. The first-order valence-electron chi connectivity index (χ1n) is 6.12. The molecule has 0 amide bonds. The fraction of sp³-hybridized carbons (Fsp3) is 0.571. The Morgan fingerprint density at radius 1 is 0.800 bits per heavy atom. The van der Waals surface area contributed by atoms with E-state index < -0.39 is 0 Å². The molecule has 0 bridgehead atoms. The van der Waals surface area contributed by atoms with Gasteiger partial charge in [-0.3, -0.25) is 0 Å². The van der Waals surface area contributed by atoms with Gasteiger partial charge in [-0.25, -0.2) is 0 Å². The van der Waals surface area contributed by atoms with Crippen LogP contribution >= 0.6 is 15.9 Å². The zero-order valence-corrected chi connectivity index (χ0v) is 10.8. The van der Waals surface area contributed by atoms with Crippen molar-refractivity contribution in [3.05, 3.63) is 34.3 Å². The van der Waals surface area contributed by atoms with Crippen molar-refractivity contribution in [2.75, 3.05) is 0 Å². The summed E-state index contributed by atoms with van der Waals surface area (Å²) < 4.78 is 1.19. The van der Waals surface area contributed by atoms with E-state index in [2.05, 4.69) is 40.2 Å². The van der Waals surface area contributed by atoms with Crippen LogP contribution in [-0.4, -0.2) is 0 Å². The molecule has 0 atom stereocenters. The van der Waals surface area contributed by atoms with Crippen LogP contribution in [0, 0.1) is 0 Å². The third-order valence-corrected chi connectivity index (χ3v) is 3.98. The molecule has 0 N–H and O–H groups in total. The zero-order valence-electron chi connectivity index (χ0n) is 9.21. The fourth-order valence-electron chi connectivity index (χ4n) is 2.52. The summed E-state index contributed by atoms with van der Waals surface area (Å²) in [7, 11) is 0. The molecular weight excluding hydrogens is 248 g/mol. The lowest BCUT2D eigenvalue weighted by molar-refractivity contribution is 0.455. The number of rotatable bonds is 1. The Morgan fingerprint density at radius 2 is 1.33 bits per heavy atom. The molecule has 1 saturated carbocycles. The molecule has 0 radical (unpaired) electrons. The Balaban J connectivity index is 2.03. The van der Waals surface area contributed by atoms with Gasteiger partial charge in [-0.15, -0.1) is 0 Å². The molecule has 82 valence electrons. The van der Waals surface area contributed by atoms with E-state index in [4.69, 9.17) is 0 Å². The van der Waals surface area contributed by atoms with Crippen LogP contribution in [0.25, 0.3) is 0 Å². The first-order valence-corrected chi connectivity index (χ1v) is 6.91. The Labute approximate surface area is 101 Å². The number of hydrogen-bond acceptors (Lipinski definition) is 0. The van der Waals surface area contributed by atoms with Gasteiger partial charge in [-0.05, 0) is 36.5 Å². The average Bonchev–Trinajstić information content (AvgIpc) is 2.19. The first kappa shape index (κ1) is 11.2. The highest BCUT2D eigenvalue weighted by Gasteiger charge is 2.12. The summed E-state index contributed by atoms with van der Waals surface area (Å²) in [4.78, 5) is 0. The Kier molecular flexibility index (Phi) is 4.25. The zero-order chi connectivity index (χ0) is 10.5. The van der Waals surface area contributed by atoms with Crippen LogP contribution < -0.4 is 0 Å². The monoisotopic (exact) mass is 266 g/mol. The number of benzene rings is 1. The van der Waals surface area contributed by atoms with Gasteiger partial charge in [0.15, 0.2) is 0 Å². The van der Waals surface area contributed by atoms with E-state index in [-0.39, 0.29) is 0 Å². The summed E-state index contributed by atoms with van der Waals surface area (Å²) in [6, 6.07) is 8.93. The van der Waals surface area contributed by atoms with Gasteiger partial charge in [0, 0.05) is 4.47 Å². The van der Waals surface area contributed by atoms with Crippen LogP contribution in [0.3, 0.4) is 0 Å². The molecule has 1 fully saturated rings. The van der Waals surface area contributed by atoms with Gasteiger partial charge in [0.05, 0.1) is 0 Å². The second-order valence-corrected chi connectivity index (χ2v) is 5.51. The molecule has 0 aliphatic heterocycles.